The van der Waals surface area contributed by atoms with Crippen molar-refractivity contribution >= 4 is 24.0 Å². The lowest BCUT2D eigenvalue weighted by Crippen LogP contribution is -2.14. The summed E-state index contributed by atoms with van der Waals surface area (Å²) in [5, 5.41) is -0.301. The van der Waals surface area contributed by atoms with Gasteiger partial charge >= 0.3 is 6.18 Å². The average molecular weight is 317 g/mol. The Morgan fingerprint density at radius 1 is 1.21 bits per heavy atom. The SMILES string of the molecule is Cl.NCCCC[C@@H](N)c1cccc(C(F)(F)F)c1Cl. The van der Waals surface area contributed by atoms with Gasteiger partial charge in [-0.15, -0.1) is 12.4 Å². The third-order valence-electron chi connectivity index (χ3n) is 2.70. The van der Waals surface area contributed by atoms with Crippen LogP contribution in [0.4, 0.5) is 13.2 Å². The van der Waals surface area contributed by atoms with Gasteiger partial charge in [0.1, 0.15) is 0 Å². The predicted molar refractivity (Wildman–Crippen MR) is 73.5 cm³/mol. The molecular weight excluding hydrogens is 300 g/mol. The van der Waals surface area contributed by atoms with Crippen molar-refractivity contribution in [3.8, 4) is 0 Å². The van der Waals surface area contributed by atoms with Crippen LogP contribution in [0.3, 0.4) is 0 Å². The van der Waals surface area contributed by atoms with E-state index >= 15 is 0 Å². The van der Waals surface area contributed by atoms with Crippen LogP contribution in [0, 0.1) is 0 Å². The van der Waals surface area contributed by atoms with E-state index in [1.807, 2.05) is 0 Å². The maximum atomic E-state index is 12.7. The summed E-state index contributed by atoms with van der Waals surface area (Å²) in [6, 6.07) is 3.32. The first-order valence-corrected chi connectivity index (χ1v) is 6.07. The Hall–Kier alpha value is -0.490. The van der Waals surface area contributed by atoms with Crippen molar-refractivity contribution in [2.24, 2.45) is 11.5 Å². The summed E-state index contributed by atoms with van der Waals surface area (Å²) in [5.74, 6) is 0. The van der Waals surface area contributed by atoms with Gasteiger partial charge < -0.3 is 11.5 Å². The van der Waals surface area contributed by atoms with Crippen LogP contribution >= 0.6 is 24.0 Å². The topological polar surface area (TPSA) is 52.0 Å². The molecule has 0 saturated heterocycles. The molecule has 0 saturated carbocycles. The minimum Gasteiger partial charge on any atom is -0.330 e. The number of rotatable bonds is 5. The van der Waals surface area contributed by atoms with Crippen LogP contribution in [0.1, 0.15) is 36.4 Å². The molecule has 1 aromatic carbocycles. The molecule has 2 nitrogen and oxygen atoms in total. The number of hydrogen-bond donors (Lipinski definition) is 2. The van der Waals surface area contributed by atoms with Gasteiger partial charge in [0.05, 0.1) is 10.6 Å². The standard InChI is InChI=1S/C12H16ClF3N2.ClH/c13-11-8(10(18)6-1-2-7-17)4-3-5-9(11)12(14,15)16;/h3-5,10H,1-2,6-7,17-18H2;1H/t10-;/m1./s1. The highest BCUT2D eigenvalue weighted by molar-refractivity contribution is 6.32. The summed E-state index contributed by atoms with van der Waals surface area (Å²) < 4.78 is 38.0. The van der Waals surface area contributed by atoms with Crippen molar-refractivity contribution in [1.29, 1.82) is 0 Å². The van der Waals surface area contributed by atoms with E-state index in [-0.39, 0.29) is 17.4 Å². The molecule has 0 aliphatic rings. The summed E-state index contributed by atoms with van der Waals surface area (Å²) in [4.78, 5) is 0. The minimum atomic E-state index is -4.45. The van der Waals surface area contributed by atoms with E-state index in [2.05, 4.69) is 0 Å². The number of nitrogens with two attached hydrogens (primary N) is 2. The lowest BCUT2D eigenvalue weighted by molar-refractivity contribution is -0.137. The first-order chi connectivity index (χ1) is 8.38. The molecular formula is C12H17Cl2F3N2. The van der Waals surface area contributed by atoms with Crippen LogP contribution in [0.2, 0.25) is 5.02 Å². The fraction of sp³-hybridized carbons (Fsp3) is 0.500. The number of halogens is 5. The molecule has 0 aliphatic heterocycles. The van der Waals surface area contributed by atoms with Crippen LogP contribution in [-0.2, 0) is 6.18 Å². The lowest BCUT2D eigenvalue weighted by atomic mass is 9.99. The van der Waals surface area contributed by atoms with Crippen molar-refractivity contribution in [2.75, 3.05) is 6.54 Å². The predicted octanol–water partition coefficient (Wildman–Crippen LogP) is 3.91. The van der Waals surface area contributed by atoms with Gasteiger partial charge in [0, 0.05) is 6.04 Å². The molecule has 0 spiro atoms. The maximum absolute atomic E-state index is 12.7. The lowest BCUT2D eigenvalue weighted by Gasteiger charge is -2.17. The smallest absolute Gasteiger partial charge is 0.330 e. The number of hydrogen-bond acceptors (Lipinski definition) is 2. The van der Waals surface area contributed by atoms with Crippen molar-refractivity contribution in [3.05, 3.63) is 34.3 Å². The summed E-state index contributed by atoms with van der Waals surface area (Å²) >= 11 is 5.78. The van der Waals surface area contributed by atoms with Crippen molar-refractivity contribution in [1.82, 2.24) is 0 Å². The van der Waals surface area contributed by atoms with Gasteiger partial charge in [0.25, 0.3) is 0 Å². The molecule has 0 radical (unpaired) electrons. The van der Waals surface area contributed by atoms with Gasteiger partial charge in [-0.25, -0.2) is 0 Å². The van der Waals surface area contributed by atoms with Gasteiger partial charge in [0.2, 0.25) is 0 Å². The average Bonchev–Trinajstić information content (AvgIpc) is 2.28. The molecule has 1 aromatic rings. The van der Waals surface area contributed by atoms with Crippen molar-refractivity contribution in [2.45, 2.75) is 31.5 Å². The van der Waals surface area contributed by atoms with Crippen LogP contribution in [0.25, 0.3) is 0 Å². The fourth-order valence-electron chi connectivity index (χ4n) is 1.72. The maximum Gasteiger partial charge on any atom is 0.417 e. The summed E-state index contributed by atoms with van der Waals surface area (Å²) in [6.07, 6.45) is -2.32. The molecule has 110 valence electrons. The Morgan fingerprint density at radius 3 is 2.37 bits per heavy atom. The first kappa shape index (κ1) is 18.5. The van der Waals surface area contributed by atoms with Crippen molar-refractivity contribution in [3.63, 3.8) is 0 Å². The fourth-order valence-corrected chi connectivity index (χ4v) is 2.09. The molecule has 0 heterocycles. The van der Waals surface area contributed by atoms with E-state index in [9.17, 15) is 13.2 Å². The van der Waals surface area contributed by atoms with E-state index in [1.54, 1.807) is 0 Å². The van der Waals surface area contributed by atoms with Gasteiger partial charge in [0.15, 0.2) is 0 Å². The zero-order chi connectivity index (χ0) is 13.8. The second-order valence-electron chi connectivity index (χ2n) is 4.10. The van der Waals surface area contributed by atoms with Crippen LogP contribution in [0.15, 0.2) is 18.2 Å². The van der Waals surface area contributed by atoms with Gasteiger partial charge in [-0.3, -0.25) is 0 Å². The molecule has 1 rings (SSSR count). The molecule has 4 N–H and O–H groups in total. The highest BCUT2D eigenvalue weighted by atomic mass is 35.5. The Labute approximate surface area is 121 Å². The summed E-state index contributed by atoms with van der Waals surface area (Å²) in [7, 11) is 0. The molecule has 0 aromatic heterocycles. The largest absolute Gasteiger partial charge is 0.417 e. The molecule has 0 bridgehead atoms. The Kier molecular flexibility index (Phi) is 7.74. The minimum absolute atomic E-state index is 0. The Bertz CT molecular complexity index is 397. The molecule has 0 aliphatic carbocycles. The second kappa shape index (κ2) is 7.94. The molecule has 1 atom stereocenters. The normalized spacial score (nSPS) is 12.9. The molecule has 0 unspecified atom stereocenters. The third-order valence-corrected chi connectivity index (χ3v) is 3.12. The first-order valence-electron chi connectivity index (χ1n) is 5.69. The second-order valence-corrected chi connectivity index (χ2v) is 4.48. The van der Waals surface area contributed by atoms with E-state index < -0.39 is 17.8 Å². The highest BCUT2D eigenvalue weighted by Crippen LogP contribution is 2.38. The van der Waals surface area contributed by atoms with Crippen molar-refractivity contribution < 1.29 is 13.2 Å². The number of unbranched alkanes of at least 4 members (excludes halogenated alkanes) is 1. The van der Waals surface area contributed by atoms with Crippen LogP contribution < -0.4 is 11.5 Å². The quantitative estimate of drug-likeness (QED) is 0.809. The van der Waals surface area contributed by atoms with Crippen LogP contribution in [-0.4, -0.2) is 6.54 Å². The number of alkyl halides is 3. The Balaban J connectivity index is 0.00000324. The number of benzene rings is 1. The van der Waals surface area contributed by atoms with E-state index in [0.29, 0.717) is 18.5 Å². The van der Waals surface area contributed by atoms with E-state index in [1.165, 1.54) is 12.1 Å². The van der Waals surface area contributed by atoms with Gasteiger partial charge in [-0.1, -0.05) is 30.2 Å². The van der Waals surface area contributed by atoms with E-state index in [4.69, 9.17) is 23.1 Å². The molecule has 19 heavy (non-hydrogen) atoms. The third kappa shape index (κ3) is 5.18. The molecule has 0 fully saturated rings. The van der Waals surface area contributed by atoms with Crippen LogP contribution in [0.5, 0.6) is 0 Å². The Morgan fingerprint density at radius 2 is 1.84 bits per heavy atom. The molecule has 0 amide bonds. The van der Waals surface area contributed by atoms with Gasteiger partial charge in [-0.2, -0.15) is 13.2 Å². The molecule has 7 heteroatoms. The zero-order valence-corrected chi connectivity index (χ0v) is 11.8. The zero-order valence-electron chi connectivity index (χ0n) is 10.2. The van der Waals surface area contributed by atoms with Gasteiger partial charge in [-0.05, 0) is 31.0 Å². The summed E-state index contributed by atoms with van der Waals surface area (Å²) in [6.45, 7) is 0.545. The summed E-state index contributed by atoms with van der Waals surface area (Å²) in [5.41, 5.74) is 10.7. The highest BCUT2D eigenvalue weighted by Gasteiger charge is 2.34. The monoisotopic (exact) mass is 316 g/mol. The van der Waals surface area contributed by atoms with E-state index in [0.717, 1.165) is 18.9 Å².